The maximum absolute atomic E-state index is 12.1. The number of hydrogen-bond acceptors (Lipinski definition) is 3. The van der Waals surface area contributed by atoms with Crippen LogP contribution in [0.5, 0.6) is 0 Å². The van der Waals surface area contributed by atoms with Gasteiger partial charge in [0.25, 0.3) is 0 Å². The summed E-state index contributed by atoms with van der Waals surface area (Å²) < 4.78 is 0. The zero-order valence-electron chi connectivity index (χ0n) is 12.9. The lowest BCUT2D eigenvalue weighted by molar-refractivity contribution is -0.129. The molecule has 1 heterocycles. The molecule has 1 aliphatic rings. The van der Waals surface area contributed by atoms with Crippen molar-refractivity contribution < 1.29 is 4.79 Å². The fourth-order valence-electron chi connectivity index (χ4n) is 2.88. The minimum absolute atomic E-state index is 0.112. The van der Waals surface area contributed by atoms with Crippen LogP contribution in [0.25, 0.3) is 0 Å². The molecule has 0 aromatic heterocycles. The highest BCUT2D eigenvalue weighted by molar-refractivity contribution is 5.76. The number of rotatable bonds is 5. The minimum Gasteiger partial charge on any atom is -0.371 e. The predicted molar refractivity (Wildman–Crippen MR) is 84.0 cm³/mol. The third-order valence-corrected chi connectivity index (χ3v) is 4.01. The summed E-state index contributed by atoms with van der Waals surface area (Å²) in [4.78, 5) is 16.0. The van der Waals surface area contributed by atoms with Gasteiger partial charge in [0.05, 0.1) is 12.5 Å². The third-order valence-electron chi connectivity index (χ3n) is 4.01. The molecule has 0 radical (unpaired) electrons. The molecule has 0 aliphatic carbocycles. The van der Waals surface area contributed by atoms with Gasteiger partial charge in [0, 0.05) is 38.8 Å². The summed E-state index contributed by atoms with van der Waals surface area (Å²) in [5, 5.41) is 8.57. The molecular formula is C17H23N3O. The molecule has 1 aliphatic heterocycles. The van der Waals surface area contributed by atoms with Crippen LogP contribution in [-0.4, -0.2) is 37.5 Å². The largest absolute Gasteiger partial charge is 0.371 e. The van der Waals surface area contributed by atoms with Crippen LogP contribution >= 0.6 is 0 Å². The number of nitrogens with zero attached hydrogens (tertiary/aromatic N) is 3. The lowest BCUT2D eigenvalue weighted by atomic mass is 9.94. The van der Waals surface area contributed by atoms with Gasteiger partial charge in [-0.15, -0.1) is 0 Å². The Hall–Kier alpha value is -2.02. The molecule has 4 nitrogen and oxygen atoms in total. The van der Waals surface area contributed by atoms with E-state index in [0.717, 1.165) is 19.5 Å². The first kappa shape index (κ1) is 15.4. The average Bonchev–Trinajstić information content (AvgIpc) is 2.49. The van der Waals surface area contributed by atoms with Gasteiger partial charge in [0.15, 0.2) is 0 Å². The predicted octanol–water partition coefficient (Wildman–Crippen LogP) is 2.45. The van der Waals surface area contributed by atoms with Crippen LogP contribution in [0.4, 0.5) is 5.69 Å². The zero-order valence-corrected chi connectivity index (χ0v) is 12.9. The van der Waals surface area contributed by atoms with Crippen molar-refractivity contribution in [2.75, 3.05) is 31.6 Å². The second kappa shape index (κ2) is 7.12. The van der Waals surface area contributed by atoms with Gasteiger partial charge in [-0.05, 0) is 24.0 Å². The Bertz CT molecular complexity index is 535. The number of carbonyl (C=O) groups is 1. The van der Waals surface area contributed by atoms with E-state index in [1.165, 1.54) is 11.3 Å². The Balaban J connectivity index is 1.94. The van der Waals surface area contributed by atoms with Gasteiger partial charge in [0.2, 0.25) is 5.91 Å². The maximum Gasteiger partial charge on any atom is 0.224 e. The molecule has 0 spiro atoms. The topological polar surface area (TPSA) is 47.3 Å². The summed E-state index contributed by atoms with van der Waals surface area (Å²) in [6.07, 6.45) is 2.01. The highest BCUT2D eigenvalue weighted by Crippen LogP contribution is 2.29. The summed E-state index contributed by atoms with van der Waals surface area (Å²) in [5.41, 5.74) is 2.64. The number of carbonyl (C=O) groups excluding carboxylic acids is 1. The van der Waals surface area contributed by atoms with Crippen molar-refractivity contribution >= 4 is 11.6 Å². The van der Waals surface area contributed by atoms with E-state index in [4.69, 9.17) is 5.26 Å². The smallest absolute Gasteiger partial charge is 0.224 e. The Morgan fingerprint density at radius 1 is 1.48 bits per heavy atom. The van der Waals surface area contributed by atoms with E-state index in [1.807, 2.05) is 0 Å². The van der Waals surface area contributed by atoms with Crippen molar-refractivity contribution in [1.29, 1.82) is 5.26 Å². The molecular weight excluding hydrogens is 262 g/mol. The number of hydrogen-bond donors (Lipinski definition) is 0. The van der Waals surface area contributed by atoms with Crippen LogP contribution in [0.15, 0.2) is 24.3 Å². The molecule has 1 aromatic carbocycles. The van der Waals surface area contributed by atoms with Gasteiger partial charge in [-0.1, -0.05) is 25.1 Å². The first-order valence-electron chi connectivity index (χ1n) is 7.55. The number of amides is 1. The van der Waals surface area contributed by atoms with E-state index >= 15 is 0 Å². The second-order valence-electron chi connectivity index (χ2n) is 5.86. The molecule has 1 amide bonds. The Morgan fingerprint density at radius 3 is 3.00 bits per heavy atom. The molecule has 0 saturated heterocycles. The van der Waals surface area contributed by atoms with E-state index in [-0.39, 0.29) is 5.91 Å². The van der Waals surface area contributed by atoms with E-state index in [0.29, 0.717) is 25.3 Å². The molecule has 2 rings (SSSR count). The summed E-state index contributed by atoms with van der Waals surface area (Å²) in [6.45, 7) is 4.52. The molecule has 0 fully saturated rings. The van der Waals surface area contributed by atoms with Gasteiger partial charge >= 0.3 is 0 Å². The van der Waals surface area contributed by atoms with Crippen molar-refractivity contribution in [3.8, 4) is 6.07 Å². The average molecular weight is 285 g/mol. The molecule has 0 saturated carbocycles. The summed E-state index contributed by atoms with van der Waals surface area (Å²) >= 11 is 0. The highest BCUT2D eigenvalue weighted by Gasteiger charge is 2.22. The first-order chi connectivity index (χ1) is 10.1. The SMILES string of the molecule is CC1Cc2ccccc2N(CCC(=O)N(C)CCC#N)C1. The van der Waals surface area contributed by atoms with Gasteiger partial charge in [-0.2, -0.15) is 5.26 Å². The number of fused-ring (bicyclic) bond motifs is 1. The van der Waals surface area contributed by atoms with Crippen LogP contribution in [0, 0.1) is 17.2 Å². The molecule has 1 unspecified atom stereocenters. The molecule has 112 valence electrons. The van der Waals surface area contributed by atoms with E-state index < -0.39 is 0 Å². The van der Waals surface area contributed by atoms with Crippen molar-refractivity contribution in [3.05, 3.63) is 29.8 Å². The number of para-hydroxylation sites is 1. The van der Waals surface area contributed by atoms with E-state index in [1.54, 1.807) is 11.9 Å². The second-order valence-corrected chi connectivity index (χ2v) is 5.86. The van der Waals surface area contributed by atoms with Crippen molar-refractivity contribution in [3.63, 3.8) is 0 Å². The summed E-state index contributed by atoms with van der Waals surface area (Å²) in [7, 11) is 1.77. The van der Waals surface area contributed by atoms with Crippen molar-refractivity contribution in [1.82, 2.24) is 4.90 Å². The number of nitriles is 1. The Kier molecular flexibility index (Phi) is 5.21. The van der Waals surface area contributed by atoms with Crippen molar-refractivity contribution in [2.24, 2.45) is 5.92 Å². The molecule has 21 heavy (non-hydrogen) atoms. The third kappa shape index (κ3) is 3.98. The lowest BCUT2D eigenvalue weighted by Crippen LogP contribution is -2.37. The fraction of sp³-hybridized carbons (Fsp3) is 0.529. The fourth-order valence-corrected chi connectivity index (χ4v) is 2.88. The van der Waals surface area contributed by atoms with E-state index in [2.05, 4.69) is 42.2 Å². The van der Waals surface area contributed by atoms with Crippen LogP contribution < -0.4 is 4.90 Å². The normalized spacial score (nSPS) is 17.0. The van der Waals surface area contributed by atoms with E-state index in [9.17, 15) is 4.79 Å². The molecule has 0 bridgehead atoms. The van der Waals surface area contributed by atoms with Crippen LogP contribution in [0.3, 0.4) is 0 Å². The zero-order chi connectivity index (χ0) is 15.2. The maximum atomic E-state index is 12.1. The van der Waals surface area contributed by atoms with Gasteiger partial charge < -0.3 is 9.80 Å². The monoisotopic (exact) mass is 285 g/mol. The number of anilines is 1. The van der Waals surface area contributed by atoms with Crippen LogP contribution in [-0.2, 0) is 11.2 Å². The summed E-state index contributed by atoms with van der Waals surface area (Å²) in [5.74, 6) is 0.729. The summed E-state index contributed by atoms with van der Waals surface area (Å²) in [6, 6.07) is 10.5. The van der Waals surface area contributed by atoms with Crippen LogP contribution in [0.2, 0.25) is 0 Å². The Morgan fingerprint density at radius 2 is 2.24 bits per heavy atom. The molecule has 1 atom stereocenters. The molecule has 1 aromatic rings. The van der Waals surface area contributed by atoms with Crippen LogP contribution in [0.1, 0.15) is 25.3 Å². The lowest BCUT2D eigenvalue weighted by Gasteiger charge is -2.35. The number of benzene rings is 1. The van der Waals surface area contributed by atoms with Gasteiger partial charge in [-0.25, -0.2) is 0 Å². The van der Waals surface area contributed by atoms with Gasteiger partial charge in [0.1, 0.15) is 0 Å². The molecule has 4 heteroatoms. The standard InChI is InChI=1S/C17H23N3O/c1-14-12-15-6-3-4-7-16(15)20(13-14)11-8-17(21)19(2)10-5-9-18/h3-4,6-7,14H,5,8,10-13H2,1-2H3. The highest BCUT2D eigenvalue weighted by atomic mass is 16.2. The first-order valence-corrected chi connectivity index (χ1v) is 7.55. The quantitative estimate of drug-likeness (QED) is 0.835. The Labute approximate surface area is 127 Å². The van der Waals surface area contributed by atoms with Crippen molar-refractivity contribution in [2.45, 2.75) is 26.2 Å². The van der Waals surface area contributed by atoms with Gasteiger partial charge in [-0.3, -0.25) is 4.79 Å². The minimum atomic E-state index is 0.112. The molecule has 0 N–H and O–H groups in total.